The largest absolute Gasteiger partial charge is 0.478 e. The minimum Gasteiger partial charge on any atom is -0.478 e. The lowest BCUT2D eigenvalue weighted by Gasteiger charge is -2.43. The number of rotatable bonds is 3. The van der Waals surface area contributed by atoms with Crippen molar-refractivity contribution in [2.24, 2.45) is 17.8 Å². The molecule has 5 rings (SSSR count). The van der Waals surface area contributed by atoms with Crippen molar-refractivity contribution in [3.8, 4) is 0 Å². The topological polar surface area (TPSA) is 92.5 Å². The van der Waals surface area contributed by atoms with Gasteiger partial charge in [0.25, 0.3) is 5.69 Å². The number of carboxylic acid groups (broad SMARTS) is 1. The van der Waals surface area contributed by atoms with E-state index in [2.05, 4.69) is 5.32 Å². The normalized spacial score (nSPS) is 30.3. The van der Waals surface area contributed by atoms with Crippen LogP contribution in [0.4, 0.5) is 11.4 Å². The summed E-state index contributed by atoms with van der Waals surface area (Å²) >= 11 is 0. The number of nitrogens with zero attached hydrogens (tertiary/aromatic N) is 1. The summed E-state index contributed by atoms with van der Waals surface area (Å²) in [6, 6.07) is 12.2. The molecule has 5 atom stereocenters. The van der Waals surface area contributed by atoms with Crippen molar-refractivity contribution in [2.45, 2.75) is 31.2 Å². The first kappa shape index (κ1) is 16.3. The zero-order valence-electron chi connectivity index (χ0n) is 14.7. The number of hydrogen-bond acceptors (Lipinski definition) is 4. The van der Waals surface area contributed by atoms with Crippen molar-refractivity contribution >= 4 is 17.3 Å². The van der Waals surface area contributed by atoms with Gasteiger partial charge in [0.05, 0.1) is 16.5 Å². The van der Waals surface area contributed by atoms with E-state index in [4.69, 9.17) is 0 Å². The summed E-state index contributed by atoms with van der Waals surface area (Å²) in [6.45, 7) is 0. The van der Waals surface area contributed by atoms with E-state index in [-0.39, 0.29) is 16.7 Å². The Morgan fingerprint density at radius 1 is 1.15 bits per heavy atom. The van der Waals surface area contributed by atoms with Crippen LogP contribution in [-0.4, -0.2) is 16.0 Å². The molecule has 3 aliphatic rings. The van der Waals surface area contributed by atoms with Crippen LogP contribution in [0.15, 0.2) is 42.5 Å². The molecule has 2 saturated carbocycles. The Morgan fingerprint density at radius 3 is 2.74 bits per heavy atom. The van der Waals surface area contributed by atoms with Gasteiger partial charge >= 0.3 is 5.97 Å². The highest BCUT2D eigenvalue weighted by Gasteiger charge is 2.53. The summed E-state index contributed by atoms with van der Waals surface area (Å²) in [6.07, 6.45) is 3.54. The fraction of sp³-hybridized carbons (Fsp3) is 0.381. The molecule has 2 aromatic carbocycles. The standard InChI is InChI=1S/C21H20N2O4/c24-21(25)14-6-7-17-16(10-14)18-11-4-5-12(8-11)19(18)20(22-17)13-2-1-3-15(9-13)23(26)27/h1-3,6-7,9-12,18-20,22H,4-5,8H2,(H,24,25)/t11-,12-,18-,19-,20-/m0/s1. The van der Waals surface area contributed by atoms with Gasteiger partial charge in [-0.05, 0) is 72.3 Å². The SMILES string of the molecule is O=C(O)c1ccc2c(c1)[C@@H]1[C@H]3CC[C@@H](C3)[C@@H]1[C@H](c1cccc([N+](=O)[O-])c1)N2. The Balaban J connectivity index is 1.62. The third-order valence-electron chi connectivity index (χ3n) is 6.77. The summed E-state index contributed by atoms with van der Waals surface area (Å²) < 4.78 is 0. The van der Waals surface area contributed by atoms with E-state index in [9.17, 15) is 20.0 Å². The molecule has 2 bridgehead atoms. The van der Waals surface area contributed by atoms with Crippen LogP contribution in [0.25, 0.3) is 0 Å². The minimum atomic E-state index is -0.904. The zero-order valence-corrected chi connectivity index (χ0v) is 14.7. The molecule has 0 aromatic heterocycles. The lowest BCUT2D eigenvalue weighted by atomic mass is 9.68. The van der Waals surface area contributed by atoms with E-state index in [1.54, 1.807) is 18.2 Å². The molecule has 1 heterocycles. The number of nitro groups is 1. The number of fused-ring (bicyclic) bond motifs is 7. The van der Waals surface area contributed by atoms with Crippen LogP contribution in [0.3, 0.4) is 0 Å². The van der Waals surface area contributed by atoms with E-state index < -0.39 is 5.97 Å². The Labute approximate surface area is 156 Å². The van der Waals surface area contributed by atoms with Crippen molar-refractivity contribution in [1.29, 1.82) is 0 Å². The first-order valence-electron chi connectivity index (χ1n) is 9.41. The van der Waals surface area contributed by atoms with Gasteiger partial charge in [-0.25, -0.2) is 4.79 Å². The molecule has 0 saturated heterocycles. The number of non-ortho nitro benzene ring substituents is 1. The maximum absolute atomic E-state index is 11.4. The highest BCUT2D eigenvalue weighted by Crippen LogP contribution is 2.63. The molecule has 0 spiro atoms. The van der Waals surface area contributed by atoms with Gasteiger partial charge in [0, 0.05) is 17.8 Å². The summed E-state index contributed by atoms with van der Waals surface area (Å²) in [4.78, 5) is 22.3. The van der Waals surface area contributed by atoms with Crippen molar-refractivity contribution in [3.63, 3.8) is 0 Å². The molecular formula is C21H20N2O4. The van der Waals surface area contributed by atoms with Crippen molar-refractivity contribution in [3.05, 3.63) is 69.3 Å². The van der Waals surface area contributed by atoms with Crippen LogP contribution >= 0.6 is 0 Å². The highest BCUT2D eigenvalue weighted by molar-refractivity contribution is 5.88. The van der Waals surface area contributed by atoms with Gasteiger partial charge in [0.2, 0.25) is 0 Å². The van der Waals surface area contributed by atoms with Gasteiger partial charge in [-0.15, -0.1) is 0 Å². The van der Waals surface area contributed by atoms with Gasteiger partial charge < -0.3 is 10.4 Å². The van der Waals surface area contributed by atoms with Crippen LogP contribution in [0.1, 0.15) is 52.7 Å². The summed E-state index contributed by atoms with van der Waals surface area (Å²) in [5, 5.41) is 24.2. The van der Waals surface area contributed by atoms with Gasteiger partial charge in [-0.2, -0.15) is 0 Å². The molecule has 138 valence electrons. The molecule has 1 aliphatic heterocycles. The maximum atomic E-state index is 11.4. The molecule has 2 fully saturated rings. The smallest absolute Gasteiger partial charge is 0.335 e. The molecule has 6 nitrogen and oxygen atoms in total. The fourth-order valence-electron chi connectivity index (χ4n) is 5.78. The Bertz CT molecular complexity index is 957. The van der Waals surface area contributed by atoms with Gasteiger partial charge in [0.15, 0.2) is 0 Å². The number of carboxylic acids is 1. The average Bonchev–Trinajstić information content (AvgIpc) is 3.29. The van der Waals surface area contributed by atoms with Gasteiger partial charge in [-0.3, -0.25) is 10.1 Å². The van der Waals surface area contributed by atoms with E-state index in [1.165, 1.54) is 25.3 Å². The third-order valence-corrected chi connectivity index (χ3v) is 6.77. The fourth-order valence-corrected chi connectivity index (χ4v) is 5.78. The number of nitrogens with one attached hydrogen (secondary N) is 1. The average molecular weight is 364 g/mol. The van der Waals surface area contributed by atoms with E-state index in [0.717, 1.165) is 16.8 Å². The summed E-state index contributed by atoms with van der Waals surface area (Å²) in [7, 11) is 0. The number of nitro benzene ring substituents is 1. The molecule has 6 heteroatoms. The van der Waals surface area contributed by atoms with E-state index in [0.29, 0.717) is 29.2 Å². The predicted octanol–water partition coefficient (Wildman–Crippen LogP) is 4.59. The molecule has 0 unspecified atom stereocenters. The first-order chi connectivity index (χ1) is 13.0. The number of aromatic carboxylic acids is 1. The Hall–Kier alpha value is -2.89. The lowest BCUT2D eigenvalue weighted by molar-refractivity contribution is -0.384. The Kier molecular flexibility index (Phi) is 3.50. The van der Waals surface area contributed by atoms with Crippen LogP contribution < -0.4 is 5.32 Å². The number of carbonyl (C=O) groups is 1. The predicted molar refractivity (Wildman–Crippen MR) is 99.9 cm³/mol. The van der Waals surface area contributed by atoms with E-state index in [1.807, 2.05) is 18.2 Å². The third kappa shape index (κ3) is 2.43. The maximum Gasteiger partial charge on any atom is 0.335 e. The van der Waals surface area contributed by atoms with Crippen LogP contribution in [0.2, 0.25) is 0 Å². The quantitative estimate of drug-likeness (QED) is 0.614. The second-order valence-electron chi connectivity index (χ2n) is 8.02. The van der Waals surface area contributed by atoms with Crippen LogP contribution in [0, 0.1) is 27.9 Å². The van der Waals surface area contributed by atoms with Crippen LogP contribution in [-0.2, 0) is 0 Å². The molecule has 0 amide bonds. The van der Waals surface area contributed by atoms with Gasteiger partial charge in [-0.1, -0.05) is 12.1 Å². The number of benzene rings is 2. The Morgan fingerprint density at radius 2 is 1.96 bits per heavy atom. The minimum absolute atomic E-state index is 0.0216. The zero-order chi connectivity index (χ0) is 18.7. The van der Waals surface area contributed by atoms with E-state index >= 15 is 0 Å². The first-order valence-corrected chi connectivity index (χ1v) is 9.41. The number of hydrogen-bond donors (Lipinski definition) is 2. The summed E-state index contributed by atoms with van der Waals surface area (Å²) in [5.74, 6) is 0.925. The molecule has 0 radical (unpaired) electrons. The molecule has 27 heavy (non-hydrogen) atoms. The molecule has 2 aromatic rings. The van der Waals surface area contributed by atoms with Crippen molar-refractivity contribution in [2.75, 3.05) is 5.32 Å². The van der Waals surface area contributed by atoms with Crippen molar-refractivity contribution in [1.82, 2.24) is 0 Å². The number of anilines is 1. The second-order valence-corrected chi connectivity index (χ2v) is 8.02. The van der Waals surface area contributed by atoms with Crippen molar-refractivity contribution < 1.29 is 14.8 Å². The highest BCUT2D eigenvalue weighted by atomic mass is 16.6. The molecular weight excluding hydrogens is 344 g/mol. The van der Waals surface area contributed by atoms with Gasteiger partial charge in [0.1, 0.15) is 0 Å². The lowest BCUT2D eigenvalue weighted by Crippen LogP contribution is -2.35. The second kappa shape index (κ2) is 5.81. The molecule has 2 N–H and O–H groups in total. The summed E-state index contributed by atoms with van der Waals surface area (Å²) in [5.41, 5.74) is 3.45. The van der Waals surface area contributed by atoms with Crippen LogP contribution in [0.5, 0.6) is 0 Å². The molecule has 2 aliphatic carbocycles. The monoisotopic (exact) mass is 364 g/mol.